The van der Waals surface area contributed by atoms with Crippen molar-refractivity contribution in [3.05, 3.63) is 30.1 Å². The molecule has 1 aromatic rings. The molecule has 3 rings (SSSR count). The van der Waals surface area contributed by atoms with Crippen molar-refractivity contribution < 1.29 is 14.0 Å². The minimum atomic E-state index is -0.486. The number of benzene rings is 1. The number of nitrogens with zero attached hydrogens (tertiary/aromatic N) is 3. The molecule has 0 aromatic heterocycles. The van der Waals surface area contributed by atoms with Crippen LogP contribution in [0.4, 0.5) is 10.1 Å². The maximum Gasteiger partial charge on any atom is 0.262 e. The molecule has 2 aliphatic rings. The minimum Gasteiger partial charge on any atom is -0.349 e. The number of piperazine rings is 1. The number of aliphatic imine (C=N–C) groups is 1. The van der Waals surface area contributed by atoms with Crippen molar-refractivity contribution in [2.24, 2.45) is 4.99 Å². The molecule has 1 fully saturated rings. The first-order valence-corrected chi connectivity index (χ1v) is 8.67. The zero-order chi connectivity index (χ0) is 17.1. The molecule has 1 atom stereocenters. The fourth-order valence-corrected chi connectivity index (χ4v) is 3.67. The van der Waals surface area contributed by atoms with E-state index < -0.39 is 5.25 Å². The van der Waals surface area contributed by atoms with E-state index in [2.05, 4.69) is 27.2 Å². The molecule has 0 saturated carbocycles. The van der Waals surface area contributed by atoms with E-state index >= 15 is 0 Å². The summed E-state index contributed by atoms with van der Waals surface area (Å²) in [5.41, 5.74) is 0.511. The van der Waals surface area contributed by atoms with Crippen LogP contribution in [0, 0.1) is 5.82 Å². The molecule has 0 radical (unpaired) electrons. The Hall–Kier alpha value is -1.93. The minimum absolute atomic E-state index is 0.0572. The molecule has 2 heterocycles. The van der Waals surface area contributed by atoms with E-state index in [0.29, 0.717) is 10.9 Å². The van der Waals surface area contributed by atoms with Gasteiger partial charge in [-0.3, -0.25) is 9.59 Å². The maximum atomic E-state index is 12.9. The van der Waals surface area contributed by atoms with E-state index in [-0.39, 0.29) is 24.1 Å². The highest BCUT2D eigenvalue weighted by Crippen LogP contribution is 2.28. The summed E-state index contributed by atoms with van der Waals surface area (Å²) in [5, 5.41) is 2.90. The molecule has 1 N–H and O–H groups in total. The SMILES string of the molecule is CN1CCN(C2=NC(=O)[C@@H](CC(=O)Nc3ccc(F)cc3)S2)CC1. The Balaban J connectivity index is 1.52. The van der Waals surface area contributed by atoms with Crippen LogP contribution in [0.1, 0.15) is 6.42 Å². The number of carbonyl (C=O) groups excluding carboxylic acids is 2. The van der Waals surface area contributed by atoms with Crippen molar-refractivity contribution in [1.29, 1.82) is 0 Å². The van der Waals surface area contributed by atoms with Gasteiger partial charge in [-0.05, 0) is 31.3 Å². The van der Waals surface area contributed by atoms with Gasteiger partial charge in [0.15, 0.2) is 5.17 Å². The molecule has 2 amide bonds. The topological polar surface area (TPSA) is 65.0 Å². The summed E-state index contributed by atoms with van der Waals surface area (Å²) in [4.78, 5) is 32.6. The van der Waals surface area contributed by atoms with Crippen LogP contribution in [-0.4, -0.2) is 65.3 Å². The Bertz CT molecular complexity index is 657. The number of thioether (sulfide) groups is 1. The van der Waals surface area contributed by atoms with Gasteiger partial charge in [0.05, 0.1) is 0 Å². The normalized spacial score (nSPS) is 21.8. The van der Waals surface area contributed by atoms with Crippen molar-refractivity contribution >= 4 is 34.4 Å². The van der Waals surface area contributed by atoms with Crippen LogP contribution in [-0.2, 0) is 9.59 Å². The quantitative estimate of drug-likeness (QED) is 0.893. The van der Waals surface area contributed by atoms with Gasteiger partial charge in [0.1, 0.15) is 11.1 Å². The van der Waals surface area contributed by atoms with Gasteiger partial charge >= 0.3 is 0 Å². The molecule has 0 spiro atoms. The van der Waals surface area contributed by atoms with Crippen LogP contribution in [0.15, 0.2) is 29.3 Å². The van der Waals surface area contributed by atoms with Gasteiger partial charge in [-0.2, -0.15) is 4.99 Å². The number of carbonyl (C=O) groups is 2. The number of halogens is 1. The monoisotopic (exact) mass is 350 g/mol. The molecule has 6 nitrogen and oxygen atoms in total. The van der Waals surface area contributed by atoms with E-state index in [1.807, 2.05) is 0 Å². The molecule has 24 heavy (non-hydrogen) atoms. The molecule has 0 aliphatic carbocycles. The van der Waals surface area contributed by atoms with Crippen LogP contribution < -0.4 is 5.32 Å². The summed E-state index contributed by atoms with van der Waals surface area (Å²) in [7, 11) is 2.06. The van der Waals surface area contributed by atoms with Gasteiger partial charge in [0.2, 0.25) is 5.91 Å². The summed E-state index contributed by atoms with van der Waals surface area (Å²) in [6.45, 7) is 3.54. The number of rotatable bonds is 3. The van der Waals surface area contributed by atoms with Crippen LogP contribution in [0.5, 0.6) is 0 Å². The lowest BCUT2D eigenvalue weighted by Gasteiger charge is -2.33. The van der Waals surface area contributed by atoms with Crippen LogP contribution in [0.2, 0.25) is 0 Å². The second-order valence-electron chi connectivity index (χ2n) is 5.89. The van der Waals surface area contributed by atoms with Gasteiger partial charge in [-0.1, -0.05) is 11.8 Å². The number of amides is 2. The highest BCUT2D eigenvalue weighted by molar-refractivity contribution is 8.15. The highest BCUT2D eigenvalue weighted by atomic mass is 32.2. The molecule has 128 valence electrons. The Labute approximate surface area is 144 Å². The third-order valence-electron chi connectivity index (χ3n) is 4.00. The van der Waals surface area contributed by atoms with Gasteiger partial charge in [0, 0.05) is 38.3 Å². The lowest BCUT2D eigenvalue weighted by Crippen LogP contribution is -2.46. The molecule has 1 saturated heterocycles. The Morgan fingerprint density at radius 1 is 1.29 bits per heavy atom. The highest BCUT2D eigenvalue weighted by Gasteiger charge is 2.33. The summed E-state index contributed by atoms with van der Waals surface area (Å²) in [5.74, 6) is -0.898. The molecule has 2 aliphatic heterocycles. The smallest absolute Gasteiger partial charge is 0.262 e. The van der Waals surface area contributed by atoms with Gasteiger partial charge in [-0.25, -0.2) is 4.39 Å². The summed E-state index contributed by atoms with van der Waals surface area (Å²) in [6.07, 6.45) is 0.0572. The number of nitrogens with one attached hydrogen (secondary N) is 1. The van der Waals surface area contributed by atoms with Crippen LogP contribution >= 0.6 is 11.8 Å². The Morgan fingerprint density at radius 2 is 1.96 bits per heavy atom. The summed E-state index contributed by atoms with van der Waals surface area (Å²) < 4.78 is 12.9. The predicted molar refractivity (Wildman–Crippen MR) is 92.5 cm³/mol. The van der Waals surface area contributed by atoms with E-state index in [0.717, 1.165) is 26.2 Å². The number of hydrogen-bond donors (Lipinski definition) is 1. The fourth-order valence-electron chi connectivity index (χ4n) is 2.56. The first-order chi connectivity index (χ1) is 11.5. The van der Waals surface area contributed by atoms with E-state index in [1.54, 1.807) is 0 Å². The Morgan fingerprint density at radius 3 is 2.62 bits per heavy atom. The third kappa shape index (κ3) is 4.12. The van der Waals surface area contributed by atoms with Crippen molar-refractivity contribution in [3.8, 4) is 0 Å². The number of likely N-dealkylation sites (N-methyl/N-ethyl adjacent to an activating group) is 1. The second-order valence-corrected chi connectivity index (χ2v) is 7.06. The average Bonchev–Trinajstić information content (AvgIpc) is 2.91. The zero-order valence-electron chi connectivity index (χ0n) is 13.4. The summed E-state index contributed by atoms with van der Waals surface area (Å²) >= 11 is 1.35. The van der Waals surface area contributed by atoms with Crippen LogP contribution in [0.3, 0.4) is 0 Å². The van der Waals surface area contributed by atoms with Crippen molar-refractivity contribution in [3.63, 3.8) is 0 Å². The molecular weight excluding hydrogens is 331 g/mol. The van der Waals surface area contributed by atoms with Crippen LogP contribution in [0.25, 0.3) is 0 Å². The maximum absolute atomic E-state index is 12.9. The third-order valence-corrected chi connectivity index (χ3v) is 5.21. The van der Waals surface area contributed by atoms with Gasteiger partial charge in [-0.15, -0.1) is 0 Å². The van der Waals surface area contributed by atoms with Crippen molar-refractivity contribution in [2.45, 2.75) is 11.7 Å². The van der Waals surface area contributed by atoms with Crippen molar-refractivity contribution in [1.82, 2.24) is 9.80 Å². The fraction of sp³-hybridized carbons (Fsp3) is 0.438. The lowest BCUT2D eigenvalue weighted by molar-refractivity contribution is -0.121. The average molecular weight is 350 g/mol. The first-order valence-electron chi connectivity index (χ1n) is 7.79. The molecule has 0 unspecified atom stereocenters. The number of anilines is 1. The number of amidine groups is 1. The number of hydrogen-bond acceptors (Lipinski definition) is 5. The predicted octanol–water partition coefficient (Wildman–Crippen LogP) is 1.40. The molecular formula is C16H19FN4O2S. The first kappa shape index (κ1) is 16.9. The van der Waals surface area contributed by atoms with Gasteiger partial charge < -0.3 is 15.1 Å². The zero-order valence-corrected chi connectivity index (χ0v) is 14.2. The Kier molecular flexibility index (Phi) is 5.15. The largest absolute Gasteiger partial charge is 0.349 e. The van der Waals surface area contributed by atoms with Gasteiger partial charge in [0.25, 0.3) is 5.91 Å². The van der Waals surface area contributed by atoms with E-state index in [4.69, 9.17) is 0 Å². The summed E-state index contributed by atoms with van der Waals surface area (Å²) in [6, 6.07) is 5.53. The molecule has 0 bridgehead atoms. The lowest BCUT2D eigenvalue weighted by atomic mass is 10.2. The molecule has 1 aromatic carbocycles. The standard InChI is InChI=1S/C16H19FN4O2S/c1-20-6-8-21(9-7-20)16-19-15(23)13(24-16)10-14(22)18-12-4-2-11(17)3-5-12/h2-5,13H,6-10H2,1H3,(H,18,22)/t13-/m1/s1. The van der Waals surface area contributed by atoms with E-state index in [9.17, 15) is 14.0 Å². The molecule has 8 heteroatoms. The van der Waals surface area contributed by atoms with E-state index in [1.165, 1.54) is 36.0 Å². The van der Waals surface area contributed by atoms with Crippen molar-refractivity contribution in [2.75, 3.05) is 38.5 Å². The second kappa shape index (κ2) is 7.31.